The Bertz CT molecular complexity index is 854. The van der Waals surface area contributed by atoms with Crippen LogP contribution in [0.2, 0.25) is 0 Å². The van der Waals surface area contributed by atoms with Crippen LogP contribution in [0.5, 0.6) is 0 Å². The van der Waals surface area contributed by atoms with Crippen LogP contribution < -0.4 is 5.32 Å². The third-order valence-electron chi connectivity index (χ3n) is 4.58. The fourth-order valence-corrected chi connectivity index (χ4v) is 3.39. The lowest BCUT2D eigenvalue weighted by Gasteiger charge is -2.26. The van der Waals surface area contributed by atoms with Crippen molar-refractivity contribution in [3.63, 3.8) is 0 Å². The second-order valence-corrected chi connectivity index (χ2v) is 6.10. The molecule has 2 aromatic carbocycles. The van der Waals surface area contributed by atoms with Crippen LogP contribution in [-0.4, -0.2) is 15.5 Å². The maximum absolute atomic E-state index is 12.8. The van der Waals surface area contributed by atoms with E-state index in [9.17, 15) is 4.79 Å². The van der Waals surface area contributed by atoms with E-state index in [1.54, 1.807) is 12.5 Å². The van der Waals surface area contributed by atoms with Gasteiger partial charge in [-0.25, -0.2) is 4.98 Å². The van der Waals surface area contributed by atoms with E-state index < -0.39 is 0 Å². The second kappa shape index (κ2) is 6.32. The number of amides is 1. The Hall–Kier alpha value is -2.88. The molecule has 3 aromatic rings. The highest BCUT2D eigenvalue weighted by molar-refractivity contribution is 5.93. The molecule has 0 saturated carbocycles. The number of aryl methyl sites for hydroxylation is 1. The summed E-state index contributed by atoms with van der Waals surface area (Å²) in [6, 6.07) is 18.2. The summed E-state index contributed by atoms with van der Waals surface area (Å²) in [6.07, 6.45) is 6.46. The molecular weight excluding hydrogens is 298 g/mol. The van der Waals surface area contributed by atoms with Gasteiger partial charge < -0.3 is 5.32 Å². The molecule has 1 atom stereocenters. The molecule has 0 saturated heterocycles. The van der Waals surface area contributed by atoms with Gasteiger partial charge in [-0.15, -0.1) is 0 Å². The quantitative estimate of drug-likeness (QED) is 0.801. The first-order chi connectivity index (χ1) is 11.8. The number of benzene rings is 2. The van der Waals surface area contributed by atoms with Gasteiger partial charge in [0.15, 0.2) is 0 Å². The van der Waals surface area contributed by atoms with Crippen molar-refractivity contribution in [1.29, 1.82) is 0 Å². The Labute approximate surface area is 141 Å². The summed E-state index contributed by atoms with van der Waals surface area (Å²) in [5, 5.41) is 3.19. The third kappa shape index (κ3) is 2.71. The van der Waals surface area contributed by atoms with E-state index in [4.69, 9.17) is 0 Å². The summed E-state index contributed by atoms with van der Waals surface area (Å²) in [5.41, 5.74) is 4.07. The lowest BCUT2D eigenvalue weighted by Crippen LogP contribution is -2.32. The van der Waals surface area contributed by atoms with Gasteiger partial charge in [-0.05, 0) is 42.5 Å². The van der Waals surface area contributed by atoms with E-state index in [1.807, 2.05) is 41.0 Å². The largest absolute Gasteiger partial charge is 0.344 e. The van der Waals surface area contributed by atoms with Crippen molar-refractivity contribution < 1.29 is 4.79 Å². The Morgan fingerprint density at radius 1 is 1.08 bits per heavy atom. The molecule has 1 aliphatic rings. The third-order valence-corrected chi connectivity index (χ3v) is 4.58. The van der Waals surface area contributed by atoms with Crippen LogP contribution in [-0.2, 0) is 6.42 Å². The Morgan fingerprint density at radius 3 is 2.75 bits per heavy atom. The average Bonchev–Trinajstić information content (AvgIpc) is 3.13. The zero-order valence-electron chi connectivity index (χ0n) is 13.4. The van der Waals surface area contributed by atoms with Gasteiger partial charge in [0.05, 0.1) is 18.6 Å². The van der Waals surface area contributed by atoms with Crippen LogP contribution in [0.1, 0.15) is 40.5 Å². The highest BCUT2D eigenvalue weighted by atomic mass is 16.2. The summed E-state index contributed by atoms with van der Waals surface area (Å²) in [4.78, 5) is 17.0. The zero-order valence-corrected chi connectivity index (χ0v) is 13.4. The van der Waals surface area contributed by atoms with Gasteiger partial charge in [-0.2, -0.15) is 0 Å². The van der Waals surface area contributed by atoms with E-state index in [1.165, 1.54) is 11.1 Å². The van der Waals surface area contributed by atoms with Crippen LogP contribution >= 0.6 is 0 Å². The molecule has 4 nitrogen and oxygen atoms in total. The molecule has 1 aliphatic carbocycles. The predicted octanol–water partition coefficient (Wildman–Crippen LogP) is 3.68. The first-order valence-corrected chi connectivity index (χ1v) is 8.29. The minimum atomic E-state index is -0.0851. The van der Waals surface area contributed by atoms with E-state index in [0.717, 1.165) is 24.9 Å². The number of nitrogens with zero attached hydrogens (tertiary/aromatic N) is 2. The number of imidazole rings is 1. The lowest BCUT2D eigenvalue weighted by atomic mass is 9.88. The van der Waals surface area contributed by atoms with Crippen LogP contribution in [0.25, 0.3) is 5.69 Å². The maximum Gasteiger partial charge on any atom is 0.270 e. The van der Waals surface area contributed by atoms with E-state index in [-0.39, 0.29) is 11.9 Å². The van der Waals surface area contributed by atoms with Crippen molar-refractivity contribution in [2.24, 2.45) is 0 Å². The molecule has 0 bridgehead atoms. The monoisotopic (exact) mass is 317 g/mol. The molecule has 1 heterocycles. The molecule has 1 amide bonds. The number of hydrogen-bond acceptors (Lipinski definition) is 2. The number of nitrogens with one attached hydrogen (secondary N) is 1. The van der Waals surface area contributed by atoms with Crippen molar-refractivity contribution in [3.05, 3.63) is 83.9 Å². The van der Waals surface area contributed by atoms with Crippen LogP contribution in [0, 0.1) is 0 Å². The Morgan fingerprint density at radius 2 is 1.88 bits per heavy atom. The Kier molecular flexibility index (Phi) is 3.87. The molecule has 1 unspecified atom stereocenters. The zero-order chi connectivity index (χ0) is 16.4. The molecular formula is C20H19N3O. The summed E-state index contributed by atoms with van der Waals surface area (Å²) in [6.45, 7) is 0. The van der Waals surface area contributed by atoms with Crippen LogP contribution in [0.15, 0.2) is 67.1 Å². The number of hydrogen-bond donors (Lipinski definition) is 1. The summed E-state index contributed by atoms with van der Waals surface area (Å²) in [7, 11) is 0. The van der Waals surface area contributed by atoms with Gasteiger partial charge in [0.1, 0.15) is 5.69 Å². The van der Waals surface area contributed by atoms with Crippen LogP contribution in [0.4, 0.5) is 0 Å². The van der Waals surface area contributed by atoms with Crippen molar-refractivity contribution >= 4 is 5.91 Å². The molecule has 0 radical (unpaired) electrons. The highest BCUT2D eigenvalue weighted by Gasteiger charge is 2.23. The summed E-state index contributed by atoms with van der Waals surface area (Å²) >= 11 is 0. The molecule has 0 fully saturated rings. The molecule has 24 heavy (non-hydrogen) atoms. The van der Waals surface area contributed by atoms with Crippen molar-refractivity contribution in [2.45, 2.75) is 25.3 Å². The maximum atomic E-state index is 12.8. The molecule has 0 aliphatic heterocycles. The predicted molar refractivity (Wildman–Crippen MR) is 93.2 cm³/mol. The number of fused-ring (bicyclic) bond motifs is 1. The van der Waals surface area contributed by atoms with Crippen molar-refractivity contribution in [2.75, 3.05) is 0 Å². The van der Waals surface area contributed by atoms with Gasteiger partial charge in [0.2, 0.25) is 0 Å². The molecule has 0 spiro atoms. The van der Waals surface area contributed by atoms with Gasteiger partial charge in [0.25, 0.3) is 5.91 Å². The smallest absolute Gasteiger partial charge is 0.270 e. The molecule has 120 valence electrons. The van der Waals surface area contributed by atoms with E-state index in [0.29, 0.717) is 5.69 Å². The molecule has 4 rings (SSSR count). The summed E-state index contributed by atoms with van der Waals surface area (Å²) < 4.78 is 1.82. The van der Waals surface area contributed by atoms with Gasteiger partial charge in [-0.1, -0.05) is 42.5 Å². The van der Waals surface area contributed by atoms with Crippen LogP contribution in [0.3, 0.4) is 0 Å². The minimum absolute atomic E-state index is 0.0709. The van der Waals surface area contributed by atoms with Gasteiger partial charge in [0, 0.05) is 5.69 Å². The molecule has 1 N–H and O–H groups in total. The minimum Gasteiger partial charge on any atom is -0.344 e. The fraction of sp³-hybridized carbons (Fsp3) is 0.200. The molecule has 4 heteroatoms. The number of rotatable bonds is 3. The number of aromatic nitrogens is 2. The number of para-hydroxylation sites is 1. The first-order valence-electron chi connectivity index (χ1n) is 8.29. The number of carbonyl (C=O) groups excluding carboxylic acids is 1. The van der Waals surface area contributed by atoms with Gasteiger partial charge >= 0.3 is 0 Å². The first kappa shape index (κ1) is 14.7. The molecule has 1 aromatic heterocycles. The summed E-state index contributed by atoms with van der Waals surface area (Å²) in [5.74, 6) is -0.0851. The average molecular weight is 317 g/mol. The fourth-order valence-electron chi connectivity index (χ4n) is 3.39. The topological polar surface area (TPSA) is 46.9 Å². The standard InChI is InChI=1S/C20H19N3O/c24-20(19-13-21-14-23(19)16-9-2-1-3-10-16)22-18-12-6-8-15-7-4-5-11-17(15)18/h1-5,7,9-11,13-14,18H,6,8,12H2,(H,22,24). The van der Waals surface area contributed by atoms with E-state index >= 15 is 0 Å². The normalized spacial score (nSPS) is 16.4. The second-order valence-electron chi connectivity index (χ2n) is 6.10. The Balaban J connectivity index is 1.60. The number of carbonyl (C=O) groups is 1. The highest BCUT2D eigenvalue weighted by Crippen LogP contribution is 2.29. The lowest BCUT2D eigenvalue weighted by molar-refractivity contribution is 0.0926. The van der Waals surface area contributed by atoms with E-state index in [2.05, 4.69) is 28.5 Å². The van der Waals surface area contributed by atoms with Crippen molar-refractivity contribution in [3.8, 4) is 5.69 Å². The SMILES string of the molecule is O=C(NC1CCCc2ccccc21)c1cncn1-c1ccccc1. The van der Waals surface area contributed by atoms with Gasteiger partial charge in [-0.3, -0.25) is 9.36 Å². The van der Waals surface area contributed by atoms with Crippen molar-refractivity contribution in [1.82, 2.24) is 14.9 Å².